The van der Waals surface area contributed by atoms with Crippen LogP contribution in [0.1, 0.15) is 22.0 Å². The van der Waals surface area contributed by atoms with Crippen LogP contribution in [0.25, 0.3) is 11.4 Å². The van der Waals surface area contributed by atoms with Gasteiger partial charge in [0.25, 0.3) is 5.91 Å². The molecule has 2 heterocycles. The molecule has 164 valence electrons. The van der Waals surface area contributed by atoms with E-state index in [9.17, 15) is 4.79 Å². The molecule has 0 saturated heterocycles. The van der Waals surface area contributed by atoms with Gasteiger partial charge in [-0.05, 0) is 48.4 Å². The molecule has 1 amide bonds. The fraction of sp³-hybridized carbons (Fsp3) is 0.240. The highest BCUT2D eigenvalue weighted by Gasteiger charge is 2.19. The molecule has 0 aliphatic carbocycles. The lowest BCUT2D eigenvalue weighted by atomic mass is 10.1. The van der Waals surface area contributed by atoms with Gasteiger partial charge in [0.05, 0.1) is 6.26 Å². The first-order valence-corrected chi connectivity index (χ1v) is 10.6. The predicted octanol–water partition coefficient (Wildman–Crippen LogP) is 4.32. The standard InChI is InChI=1S/C25H26N4O3/c1-28(2)21-12-10-20(11-13-21)24-26-23(32-27-24)15-17-29(25(30)22-9-6-18-31-22)16-14-19-7-4-3-5-8-19/h3-13,18H,14-17H2,1-2H3. The van der Waals surface area contributed by atoms with Gasteiger partial charge in [0.2, 0.25) is 11.7 Å². The monoisotopic (exact) mass is 430 g/mol. The molecule has 7 nitrogen and oxygen atoms in total. The van der Waals surface area contributed by atoms with Crippen molar-refractivity contribution in [2.24, 2.45) is 0 Å². The van der Waals surface area contributed by atoms with Crippen molar-refractivity contribution in [3.63, 3.8) is 0 Å². The van der Waals surface area contributed by atoms with Gasteiger partial charge in [-0.15, -0.1) is 0 Å². The van der Waals surface area contributed by atoms with Crippen molar-refractivity contribution in [2.75, 3.05) is 32.1 Å². The Morgan fingerprint density at radius 1 is 0.906 bits per heavy atom. The Labute approximate surface area is 187 Å². The van der Waals surface area contributed by atoms with Gasteiger partial charge in [-0.3, -0.25) is 4.79 Å². The first kappa shape index (κ1) is 21.4. The van der Waals surface area contributed by atoms with Crippen LogP contribution < -0.4 is 4.90 Å². The van der Waals surface area contributed by atoms with Crippen LogP contribution in [0.3, 0.4) is 0 Å². The maximum Gasteiger partial charge on any atom is 0.289 e. The lowest BCUT2D eigenvalue weighted by Crippen LogP contribution is -2.34. The molecule has 7 heteroatoms. The number of anilines is 1. The van der Waals surface area contributed by atoms with E-state index in [1.807, 2.05) is 61.5 Å². The first-order valence-electron chi connectivity index (χ1n) is 10.6. The molecule has 4 aromatic rings. The van der Waals surface area contributed by atoms with Crippen LogP contribution in [0, 0.1) is 0 Å². The zero-order chi connectivity index (χ0) is 22.3. The maximum atomic E-state index is 12.9. The minimum absolute atomic E-state index is 0.148. The second-order valence-corrected chi connectivity index (χ2v) is 7.71. The number of benzene rings is 2. The molecule has 2 aromatic carbocycles. The van der Waals surface area contributed by atoms with Gasteiger partial charge in [-0.1, -0.05) is 35.5 Å². The molecule has 0 spiro atoms. The van der Waals surface area contributed by atoms with Crippen LogP contribution in [0.2, 0.25) is 0 Å². The number of hydrogen-bond donors (Lipinski definition) is 0. The van der Waals surface area contributed by atoms with Gasteiger partial charge in [0, 0.05) is 44.9 Å². The molecule has 0 fully saturated rings. The van der Waals surface area contributed by atoms with E-state index in [0.717, 1.165) is 17.7 Å². The molecule has 0 saturated carbocycles. The number of nitrogens with zero attached hydrogens (tertiary/aromatic N) is 4. The highest BCUT2D eigenvalue weighted by atomic mass is 16.5. The minimum atomic E-state index is -0.148. The first-order chi connectivity index (χ1) is 15.6. The van der Waals surface area contributed by atoms with Crippen molar-refractivity contribution in [3.8, 4) is 11.4 Å². The normalized spacial score (nSPS) is 10.8. The third-order valence-corrected chi connectivity index (χ3v) is 5.24. The van der Waals surface area contributed by atoms with Gasteiger partial charge in [-0.2, -0.15) is 4.98 Å². The smallest absolute Gasteiger partial charge is 0.289 e. The molecule has 0 bridgehead atoms. The fourth-order valence-corrected chi connectivity index (χ4v) is 3.39. The van der Waals surface area contributed by atoms with E-state index in [4.69, 9.17) is 8.94 Å². The average molecular weight is 431 g/mol. The van der Waals surface area contributed by atoms with E-state index < -0.39 is 0 Å². The molecule has 0 aliphatic rings. The molecule has 4 rings (SSSR count). The highest BCUT2D eigenvalue weighted by molar-refractivity contribution is 5.91. The average Bonchev–Trinajstić information content (AvgIpc) is 3.52. The number of amides is 1. The number of aromatic nitrogens is 2. The third-order valence-electron chi connectivity index (χ3n) is 5.24. The predicted molar refractivity (Wildman–Crippen MR) is 123 cm³/mol. The highest BCUT2D eigenvalue weighted by Crippen LogP contribution is 2.20. The summed E-state index contributed by atoms with van der Waals surface area (Å²) in [5.41, 5.74) is 3.16. The van der Waals surface area contributed by atoms with Gasteiger partial charge in [0.15, 0.2) is 5.76 Å². The Kier molecular flexibility index (Phi) is 6.65. The molecule has 0 aliphatic heterocycles. The van der Waals surface area contributed by atoms with Crippen LogP contribution in [0.15, 0.2) is 81.9 Å². The zero-order valence-electron chi connectivity index (χ0n) is 18.3. The van der Waals surface area contributed by atoms with Crippen molar-refractivity contribution in [3.05, 3.63) is 90.2 Å². The summed E-state index contributed by atoms with van der Waals surface area (Å²) in [6.45, 7) is 1.02. The second-order valence-electron chi connectivity index (χ2n) is 7.71. The number of carbonyl (C=O) groups excluding carboxylic acids is 1. The van der Waals surface area contributed by atoms with Crippen molar-refractivity contribution >= 4 is 11.6 Å². The lowest BCUT2D eigenvalue weighted by molar-refractivity contribution is 0.0724. The summed E-state index contributed by atoms with van der Waals surface area (Å²) in [4.78, 5) is 21.2. The van der Waals surface area contributed by atoms with Gasteiger partial charge in [0.1, 0.15) is 0 Å². The minimum Gasteiger partial charge on any atom is -0.459 e. The number of carbonyl (C=O) groups is 1. The lowest BCUT2D eigenvalue weighted by Gasteiger charge is -2.21. The summed E-state index contributed by atoms with van der Waals surface area (Å²) in [6, 6.07) is 21.5. The molecular formula is C25H26N4O3. The quantitative estimate of drug-likeness (QED) is 0.394. The van der Waals surface area contributed by atoms with Crippen molar-refractivity contribution in [1.29, 1.82) is 0 Å². The van der Waals surface area contributed by atoms with E-state index in [1.165, 1.54) is 11.8 Å². The fourth-order valence-electron chi connectivity index (χ4n) is 3.39. The largest absolute Gasteiger partial charge is 0.459 e. The van der Waals surface area contributed by atoms with E-state index in [2.05, 4.69) is 22.3 Å². The Balaban J connectivity index is 1.42. The maximum absolute atomic E-state index is 12.9. The van der Waals surface area contributed by atoms with Crippen LogP contribution in [-0.2, 0) is 12.8 Å². The number of rotatable bonds is 9. The number of furan rings is 1. The van der Waals surface area contributed by atoms with Crippen LogP contribution in [0.4, 0.5) is 5.69 Å². The van der Waals surface area contributed by atoms with E-state index in [0.29, 0.717) is 37.0 Å². The Hall–Kier alpha value is -3.87. The second kappa shape index (κ2) is 9.96. The molecule has 32 heavy (non-hydrogen) atoms. The zero-order valence-corrected chi connectivity index (χ0v) is 18.3. The summed E-state index contributed by atoms with van der Waals surface area (Å²) >= 11 is 0. The van der Waals surface area contributed by atoms with Gasteiger partial charge < -0.3 is 18.7 Å². The van der Waals surface area contributed by atoms with Crippen molar-refractivity contribution in [1.82, 2.24) is 15.0 Å². The summed E-state index contributed by atoms with van der Waals surface area (Å²) in [7, 11) is 3.99. The molecule has 0 atom stereocenters. The number of hydrogen-bond acceptors (Lipinski definition) is 6. The summed E-state index contributed by atoms with van der Waals surface area (Å²) in [6.07, 6.45) is 2.72. The SMILES string of the molecule is CN(C)c1ccc(-c2noc(CCN(CCc3ccccc3)C(=O)c3ccco3)n2)cc1. The van der Waals surface area contributed by atoms with Crippen molar-refractivity contribution < 1.29 is 13.7 Å². The van der Waals surface area contributed by atoms with E-state index in [1.54, 1.807) is 17.0 Å². The Bertz CT molecular complexity index is 1120. The Morgan fingerprint density at radius 3 is 2.34 bits per heavy atom. The summed E-state index contributed by atoms with van der Waals surface area (Å²) in [5, 5.41) is 4.11. The van der Waals surface area contributed by atoms with Crippen molar-refractivity contribution in [2.45, 2.75) is 12.8 Å². The van der Waals surface area contributed by atoms with E-state index >= 15 is 0 Å². The van der Waals surface area contributed by atoms with Gasteiger partial charge in [-0.25, -0.2) is 0 Å². The third kappa shape index (κ3) is 5.24. The van der Waals surface area contributed by atoms with Crippen LogP contribution in [-0.4, -0.2) is 48.1 Å². The topological polar surface area (TPSA) is 75.6 Å². The molecule has 0 N–H and O–H groups in total. The molecule has 0 radical (unpaired) electrons. The van der Waals surface area contributed by atoms with Crippen LogP contribution in [0.5, 0.6) is 0 Å². The molecular weight excluding hydrogens is 404 g/mol. The Morgan fingerprint density at radius 2 is 1.66 bits per heavy atom. The summed E-state index contributed by atoms with van der Waals surface area (Å²) in [5.74, 6) is 1.21. The van der Waals surface area contributed by atoms with Gasteiger partial charge >= 0.3 is 0 Å². The van der Waals surface area contributed by atoms with E-state index in [-0.39, 0.29) is 5.91 Å². The molecule has 0 unspecified atom stereocenters. The molecule has 2 aromatic heterocycles. The van der Waals surface area contributed by atoms with Crippen LogP contribution >= 0.6 is 0 Å². The summed E-state index contributed by atoms with van der Waals surface area (Å²) < 4.78 is 10.8.